The van der Waals surface area contributed by atoms with Crippen LogP contribution in [0.3, 0.4) is 0 Å². The molecule has 1 aromatic rings. The third-order valence-corrected chi connectivity index (χ3v) is 2.94. The fourth-order valence-corrected chi connectivity index (χ4v) is 1.80. The smallest absolute Gasteiger partial charge is 0.251 e. The first-order valence-electron chi connectivity index (χ1n) is 5.69. The molecule has 0 aliphatic heterocycles. The van der Waals surface area contributed by atoms with Gasteiger partial charge in [-0.1, -0.05) is 22.9 Å². The maximum Gasteiger partial charge on any atom is 0.251 e. The van der Waals surface area contributed by atoms with Gasteiger partial charge in [0.25, 0.3) is 5.91 Å². The number of nitrogens with one attached hydrogen (secondary N) is 1. The second-order valence-corrected chi connectivity index (χ2v) is 5.71. The Balaban J connectivity index is 2.44. The SMILES string of the molecule is Cc1cc(C(=O)NCCCC(C)Br)ccc1F. The Hall–Kier alpha value is -0.900. The number of aryl methyl sites for hydroxylation is 1. The third kappa shape index (κ3) is 4.86. The van der Waals surface area contributed by atoms with Crippen molar-refractivity contribution in [3.8, 4) is 0 Å². The van der Waals surface area contributed by atoms with Gasteiger partial charge in [0.05, 0.1) is 0 Å². The van der Waals surface area contributed by atoms with Crippen molar-refractivity contribution in [1.29, 1.82) is 0 Å². The topological polar surface area (TPSA) is 29.1 Å². The van der Waals surface area contributed by atoms with Gasteiger partial charge in [-0.2, -0.15) is 0 Å². The molecule has 0 aromatic heterocycles. The number of hydrogen-bond acceptors (Lipinski definition) is 1. The monoisotopic (exact) mass is 301 g/mol. The van der Waals surface area contributed by atoms with Crippen LogP contribution in [-0.4, -0.2) is 17.3 Å². The van der Waals surface area contributed by atoms with Gasteiger partial charge in [0.15, 0.2) is 0 Å². The average molecular weight is 302 g/mol. The van der Waals surface area contributed by atoms with Gasteiger partial charge in [-0.15, -0.1) is 0 Å². The van der Waals surface area contributed by atoms with E-state index in [0.717, 1.165) is 12.8 Å². The van der Waals surface area contributed by atoms with Crippen LogP contribution in [0.5, 0.6) is 0 Å². The van der Waals surface area contributed by atoms with Crippen molar-refractivity contribution in [1.82, 2.24) is 5.32 Å². The van der Waals surface area contributed by atoms with Gasteiger partial charge in [0.1, 0.15) is 5.82 Å². The zero-order valence-corrected chi connectivity index (χ0v) is 11.7. The zero-order valence-electron chi connectivity index (χ0n) is 10.1. The maximum atomic E-state index is 13.0. The Bertz CT molecular complexity index is 393. The number of hydrogen-bond donors (Lipinski definition) is 1. The summed E-state index contributed by atoms with van der Waals surface area (Å²) in [6.07, 6.45) is 1.95. The second-order valence-electron chi connectivity index (χ2n) is 4.14. The van der Waals surface area contributed by atoms with Gasteiger partial charge >= 0.3 is 0 Å². The van der Waals surface area contributed by atoms with Gasteiger partial charge in [-0.3, -0.25) is 4.79 Å². The van der Waals surface area contributed by atoms with E-state index in [2.05, 4.69) is 28.2 Å². The summed E-state index contributed by atoms with van der Waals surface area (Å²) >= 11 is 3.45. The first-order valence-corrected chi connectivity index (χ1v) is 6.60. The lowest BCUT2D eigenvalue weighted by Crippen LogP contribution is -2.24. The van der Waals surface area contributed by atoms with Crippen molar-refractivity contribution < 1.29 is 9.18 Å². The van der Waals surface area contributed by atoms with E-state index in [1.165, 1.54) is 12.1 Å². The molecule has 0 aliphatic rings. The van der Waals surface area contributed by atoms with Crippen molar-refractivity contribution in [3.05, 3.63) is 35.1 Å². The molecule has 0 heterocycles. The molecule has 0 saturated heterocycles. The highest BCUT2D eigenvalue weighted by molar-refractivity contribution is 9.09. The van der Waals surface area contributed by atoms with Crippen molar-refractivity contribution in [2.24, 2.45) is 0 Å². The molecule has 94 valence electrons. The molecule has 0 aliphatic carbocycles. The normalized spacial score (nSPS) is 12.2. The summed E-state index contributed by atoms with van der Waals surface area (Å²) < 4.78 is 13.0. The molecule has 1 aromatic carbocycles. The first-order chi connectivity index (χ1) is 8.00. The number of amides is 1. The summed E-state index contributed by atoms with van der Waals surface area (Å²) in [4.78, 5) is 12.2. The second kappa shape index (κ2) is 6.74. The lowest BCUT2D eigenvalue weighted by Gasteiger charge is -2.07. The van der Waals surface area contributed by atoms with Crippen LogP contribution in [-0.2, 0) is 0 Å². The minimum Gasteiger partial charge on any atom is -0.352 e. The highest BCUT2D eigenvalue weighted by Gasteiger charge is 2.07. The van der Waals surface area contributed by atoms with E-state index in [9.17, 15) is 9.18 Å². The van der Waals surface area contributed by atoms with E-state index in [1.54, 1.807) is 13.0 Å². The summed E-state index contributed by atoms with van der Waals surface area (Å²) in [7, 11) is 0. The molecule has 0 fully saturated rings. The van der Waals surface area contributed by atoms with Crippen LogP contribution >= 0.6 is 15.9 Å². The van der Waals surface area contributed by atoms with Gasteiger partial charge in [-0.25, -0.2) is 4.39 Å². The zero-order chi connectivity index (χ0) is 12.8. The molecule has 17 heavy (non-hydrogen) atoms. The largest absolute Gasteiger partial charge is 0.352 e. The predicted octanol–water partition coefficient (Wildman–Crippen LogP) is 3.43. The van der Waals surface area contributed by atoms with Gasteiger partial charge in [0, 0.05) is 16.9 Å². The maximum absolute atomic E-state index is 13.0. The van der Waals surface area contributed by atoms with Crippen molar-refractivity contribution >= 4 is 21.8 Å². The Morgan fingerprint density at radius 2 is 2.24 bits per heavy atom. The fraction of sp³-hybridized carbons (Fsp3) is 0.462. The third-order valence-electron chi connectivity index (χ3n) is 2.48. The van der Waals surface area contributed by atoms with Crippen molar-refractivity contribution in [3.63, 3.8) is 0 Å². The van der Waals surface area contributed by atoms with Gasteiger partial charge in [-0.05, 0) is 43.5 Å². The molecule has 1 N–H and O–H groups in total. The number of carbonyl (C=O) groups excluding carboxylic acids is 1. The van der Waals surface area contributed by atoms with E-state index in [0.29, 0.717) is 22.5 Å². The summed E-state index contributed by atoms with van der Waals surface area (Å²) in [5, 5.41) is 2.82. The molecule has 2 nitrogen and oxygen atoms in total. The van der Waals surface area contributed by atoms with E-state index in [4.69, 9.17) is 0 Å². The van der Waals surface area contributed by atoms with Crippen LogP contribution in [0.1, 0.15) is 35.7 Å². The van der Waals surface area contributed by atoms with E-state index >= 15 is 0 Å². The predicted molar refractivity (Wildman–Crippen MR) is 71.1 cm³/mol. The minimum absolute atomic E-state index is 0.143. The van der Waals surface area contributed by atoms with Crippen LogP contribution in [0, 0.1) is 12.7 Å². The summed E-state index contributed by atoms with van der Waals surface area (Å²) in [6, 6.07) is 4.40. The summed E-state index contributed by atoms with van der Waals surface area (Å²) in [5.41, 5.74) is 1.00. The standard InChI is InChI=1S/C13H17BrFNO/c1-9-8-11(5-6-12(9)15)13(17)16-7-3-4-10(2)14/h5-6,8,10H,3-4,7H2,1-2H3,(H,16,17). The van der Waals surface area contributed by atoms with Crippen LogP contribution in [0.2, 0.25) is 0 Å². The molecular weight excluding hydrogens is 285 g/mol. The molecule has 1 unspecified atom stereocenters. The lowest BCUT2D eigenvalue weighted by atomic mass is 10.1. The minimum atomic E-state index is -0.283. The van der Waals surface area contributed by atoms with Gasteiger partial charge < -0.3 is 5.32 Å². The summed E-state index contributed by atoms with van der Waals surface area (Å²) in [6.45, 7) is 4.37. The molecule has 4 heteroatoms. The number of carbonyl (C=O) groups is 1. The highest BCUT2D eigenvalue weighted by Crippen LogP contribution is 2.09. The molecule has 1 atom stereocenters. The Labute approximate surface area is 110 Å². The van der Waals surface area contributed by atoms with Gasteiger partial charge in [0.2, 0.25) is 0 Å². The van der Waals surface area contributed by atoms with Crippen LogP contribution in [0.25, 0.3) is 0 Å². The van der Waals surface area contributed by atoms with Crippen molar-refractivity contribution in [2.75, 3.05) is 6.54 Å². The van der Waals surface area contributed by atoms with Crippen LogP contribution < -0.4 is 5.32 Å². The molecule has 0 saturated carbocycles. The molecule has 1 rings (SSSR count). The molecule has 1 amide bonds. The Morgan fingerprint density at radius 3 is 2.82 bits per heavy atom. The first kappa shape index (κ1) is 14.2. The van der Waals surface area contributed by atoms with E-state index in [-0.39, 0.29) is 11.7 Å². The van der Waals surface area contributed by atoms with E-state index in [1.807, 2.05) is 0 Å². The van der Waals surface area contributed by atoms with Crippen molar-refractivity contribution in [2.45, 2.75) is 31.5 Å². The molecular formula is C13H17BrFNO. The summed E-state index contributed by atoms with van der Waals surface area (Å²) in [5.74, 6) is -0.426. The van der Waals surface area contributed by atoms with E-state index < -0.39 is 0 Å². The molecule has 0 bridgehead atoms. The highest BCUT2D eigenvalue weighted by atomic mass is 79.9. The molecule has 0 radical (unpaired) electrons. The lowest BCUT2D eigenvalue weighted by molar-refractivity contribution is 0.0953. The molecule has 0 spiro atoms. The van der Waals surface area contributed by atoms with Crippen LogP contribution in [0.4, 0.5) is 4.39 Å². The fourth-order valence-electron chi connectivity index (χ4n) is 1.47. The number of rotatable bonds is 5. The Morgan fingerprint density at radius 1 is 1.53 bits per heavy atom. The number of benzene rings is 1. The average Bonchev–Trinajstić information content (AvgIpc) is 2.27. The van der Waals surface area contributed by atoms with Crippen LogP contribution in [0.15, 0.2) is 18.2 Å². The Kier molecular flexibility index (Phi) is 5.62. The quantitative estimate of drug-likeness (QED) is 0.655. The number of alkyl halides is 1. The number of halogens is 2.